The van der Waals surface area contributed by atoms with Crippen LogP contribution < -0.4 is 5.32 Å². The number of hydrogen-bond acceptors (Lipinski definition) is 3. The number of benzene rings is 1. The molecular formula is C18H30N2S. The zero-order chi connectivity index (χ0) is 15.2. The quantitative estimate of drug-likeness (QED) is 0.861. The number of hydrogen-bond donors (Lipinski definition) is 1. The Labute approximate surface area is 134 Å². The Morgan fingerprint density at radius 3 is 2.52 bits per heavy atom. The van der Waals surface area contributed by atoms with Gasteiger partial charge in [-0.15, -0.1) is 0 Å². The molecule has 1 aromatic carbocycles. The Morgan fingerprint density at radius 2 is 1.86 bits per heavy atom. The van der Waals surface area contributed by atoms with Crippen molar-refractivity contribution in [1.82, 2.24) is 10.2 Å². The molecule has 0 bridgehead atoms. The molecule has 0 aromatic heterocycles. The van der Waals surface area contributed by atoms with Crippen LogP contribution in [0.25, 0.3) is 0 Å². The number of nitrogens with zero attached hydrogens (tertiary/aromatic N) is 1. The Kier molecular flexibility index (Phi) is 6.59. The zero-order valence-electron chi connectivity index (χ0n) is 13.9. The van der Waals surface area contributed by atoms with E-state index in [1.165, 1.54) is 23.4 Å². The third-order valence-electron chi connectivity index (χ3n) is 4.30. The molecule has 1 aliphatic heterocycles. The molecule has 2 nitrogen and oxygen atoms in total. The van der Waals surface area contributed by atoms with Crippen molar-refractivity contribution in [2.24, 2.45) is 5.92 Å². The maximum absolute atomic E-state index is 3.50. The summed E-state index contributed by atoms with van der Waals surface area (Å²) >= 11 is 2.10. The van der Waals surface area contributed by atoms with Crippen molar-refractivity contribution in [3.8, 4) is 0 Å². The maximum Gasteiger partial charge on any atom is 0.0237 e. The van der Waals surface area contributed by atoms with E-state index in [0.717, 1.165) is 24.9 Å². The molecule has 1 N–H and O–H groups in total. The van der Waals surface area contributed by atoms with Gasteiger partial charge in [-0.25, -0.2) is 0 Å². The molecule has 1 saturated heterocycles. The summed E-state index contributed by atoms with van der Waals surface area (Å²) in [7, 11) is 0. The molecular weight excluding hydrogens is 276 g/mol. The van der Waals surface area contributed by atoms with Crippen molar-refractivity contribution in [3.63, 3.8) is 0 Å². The normalized spacial score (nSPS) is 23.7. The first-order chi connectivity index (χ1) is 10.1. The fourth-order valence-electron chi connectivity index (χ4n) is 2.72. The van der Waals surface area contributed by atoms with Crippen LogP contribution in [-0.4, -0.2) is 35.0 Å². The lowest BCUT2D eigenvalue weighted by Gasteiger charge is -2.37. The van der Waals surface area contributed by atoms with E-state index in [1.54, 1.807) is 0 Å². The molecule has 0 amide bonds. The number of nitrogens with one attached hydrogen (secondary N) is 1. The Morgan fingerprint density at radius 1 is 1.19 bits per heavy atom. The number of thioether (sulfide) groups is 1. The van der Waals surface area contributed by atoms with Gasteiger partial charge in [0, 0.05) is 36.7 Å². The van der Waals surface area contributed by atoms with Gasteiger partial charge in [0.1, 0.15) is 0 Å². The summed E-state index contributed by atoms with van der Waals surface area (Å²) in [5.41, 5.74) is 2.82. The minimum Gasteiger partial charge on any atom is -0.312 e. The van der Waals surface area contributed by atoms with E-state index >= 15 is 0 Å². The Bertz CT molecular complexity index is 416. The molecule has 3 heteroatoms. The topological polar surface area (TPSA) is 15.3 Å². The van der Waals surface area contributed by atoms with Crippen LogP contribution in [0.2, 0.25) is 0 Å². The second-order valence-corrected chi connectivity index (χ2v) is 8.11. The number of rotatable bonds is 6. The molecule has 21 heavy (non-hydrogen) atoms. The van der Waals surface area contributed by atoms with Crippen molar-refractivity contribution < 1.29 is 0 Å². The summed E-state index contributed by atoms with van der Waals surface area (Å²) in [6, 6.07) is 9.82. The van der Waals surface area contributed by atoms with Crippen molar-refractivity contribution in [2.75, 3.05) is 18.8 Å². The van der Waals surface area contributed by atoms with Crippen molar-refractivity contribution in [1.29, 1.82) is 0 Å². The van der Waals surface area contributed by atoms with Gasteiger partial charge in [0.05, 0.1) is 0 Å². The van der Waals surface area contributed by atoms with Gasteiger partial charge in [-0.2, -0.15) is 11.8 Å². The third-order valence-corrected chi connectivity index (χ3v) is 5.64. The molecule has 1 heterocycles. The van der Waals surface area contributed by atoms with Gasteiger partial charge in [0.15, 0.2) is 0 Å². The summed E-state index contributed by atoms with van der Waals surface area (Å²) in [5, 5.41) is 4.25. The van der Waals surface area contributed by atoms with Crippen LogP contribution in [0.1, 0.15) is 38.8 Å². The van der Waals surface area contributed by atoms with Crippen LogP contribution >= 0.6 is 11.8 Å². The minimum absolute atomic E-state index is 0.677. The molecule has 2 rings (SSSR count). The second kappa shape index (κ2) is 8.21. The van der Waals surface area contributed by atoms with E-state index in [-0.39, 0.29) is 0 Å². The van der Waals surface area contributed by atoms with Gasteiger partial charge < -0.3 is 5.32 Å². The zero-order valence-corrected chi connectivity index (χ0v) is 14.7. The third kappa shape index (κ3) is 5.32. The van der Waals surface area contributed by atoms with Crippen LogP contribution in [-0.2, 0) is 13.1 Å². The first-order valence-corrected chi connectivity index (χ1v) is 9.25. The molecule has 0 saturated carbocycles. The van der Waals surface area contributed by atoms with Crippen LogP contribution in [0.15, 0.2) is 24.3 Å². The lowest BCUT2D eigenvalue weighted by Crippen LogP contribution is -2.43. The fraction of sp³-hybridized carbons (Fsp3) is 0.667. The van der Waals surface area contributed by atoms with Gasteiger partial charge >= 0.3 is 0 Å². The second-order valence-electron chi connectivity index (χ2n) is 6.63. The summed E-state index contributed by atoms with van der Waals surface area (Å²) in [6.45, 7) is 13.6. The highest BCUT2D eigenvalue weighted by molar-refractivity contribution is 8.00. The molecule has 2 atom stereocenters. The molecule has 0 aliphatic carbocycles. The predicted molar refractivity (Wildman–Crippen MR) is 94.8 cm³/mol. The van der Waals surface area contributed by atoms with Gasteiger partial charge in [-0.05, 0) is 30.5 Å². The SMILES string of the molecule is CC(C)CNCc1ccc(CN2CCSC(C)C2C)cc1. The van der Waals surface area contributed by atoms with Crippen LogP contribution in [0.3, 0.4) is 0 Å². The molecule has 1 aliphatic rings. The van der Waals surface area contributed by atoms with Crippen LogP contribution in [0, 0.1) is 5.92 Å². The van der Waals surface area contributed by atoms with E-state index in [2.05, 4.69) is 73.9 Å². The Balaban J connectivity index is 1.84. The fourth-order valence-corrected chi connectivity index (χ4v) is 3.88. The van der Waals surface area contributed by atoms with Crippen LogP contribution in [0.5, 0.6) is 0 Å². The van der Waals surface area contributed by atoms with Gasteiger partial charge in [0.25, 0.3) is 0 Å². The molecule has 0 spiro atoms. The highest BCUT2D eigenvalue weighted by Crippen LogP contribution is 2.25. The predicted octanol–water partition coefficient (Wildman–Crippen LogP) is 3.76. The summed E-state index contributed by atoms with van der Waals surface area (Å²) in [5.74, 6) is 1.98. The molecule has 0 radical (unpaired) electrons. The van der Waals surface area contributed by atoms with E-state index in [0.29, 0.717) is 12.0 Å². The van der Waals surface area contributed by atoms with Crippen molar-refractivity contribution in [2.45, 2.75) is 52.1 Å². The average Bonchev–Trinajstić information content (AvgIpc) is 2.45. The van der Waals surface area contributed by atoms with Crippen molar-refractivity contribution >= 4 is 11.8 Å². The first kappa shape index (κ1) is 16.9. The summed E-state index contributed by atoms with van der Waals surface area (Å²) < 4.78 is 0. The van der Waals surface area contributed by atoms with E-state index in [4.69, 9.17) is 0 Å². The minimum atomic E-state index is 0.677. The molecule has 1 aromatic rings. The lowest BCUT2D eigenvalue weighted by atomic mass is 10.1. The summed E-state index contributed by atoms with van der Waals surface area (Å²) in [4.78, 5) is 2.62. The van der Waals surface area contributed by atoms with Gasteiger partial charge in [0.2, 0.25) is 0 Å². The van der Waals surface area contributed by atoms with Crippen LogP contribution in [0.4, 0.5) is 0 Å². The first-order valence-electron chi connectivity index (χ1n) is 8.20. The standard InChI is InChI=1S/C18H30N2S/c1-14(2)11-19-12-17-5-7-18(8-6-17)13-20-9-10-21-16(4)15(20)3/h5-8,14-16,19H,9-13H2,1-4H3. The Hall–Kier alpha value is -0.510. The maximum atomic E-state index is 3.50. The average molecular weight is 307 g/mol. The monoisotopic (exact) mass is 306 g/mol. The highest BCUT2D eigenvalue weighted by Gasteiger charge is 2.24. The van der Waals surface area contributed by atoms with E-state index < -0.39 is 0 Å². The van der Waals surface area contributed by atoms with Crippen molar-refractivity contribution in [3.05, 3.63) is 35.4 Å². The summed E-state index contributed by atoms with van der Waals surface area (Å²) in [6.07, 6.45) is 0. The molecule has 118 valence electrons. The van der Waals surface area contributed by atoms with E-state index in [1.807, 2.05) is 0 Å². The highest BCUT2D eigenvalue weighted by atomic mass is 32.2. The smallest absolute Gasteiger partial charge is 0.0237 e. The molecule has 2 unspecified atom stereocenters. The largest absolute Gasteiger partial charge is 0.312 e. The van der Waals surface area contributed by atoms with Gasteiger partial charge in [-0.3, -0.25) is 4.90 Å². The lowest BCUT2D eigenvalue weighted by molar-refractivity contribution is 0.204. The molecule has 1 fully saturated rings. The van der Waals surface area contributed by atoms with E-state index in [9.17, 15) is 0 Å². The van der Waals surface area contributed by atoms with Gasteiger partial charge in [-0.1, -0.05) is 45.0 Å².